The van der Waals surface area contributed by atoms with Gasteiger partial charge in [0, 0.05) is 57.4 Å². The number of nitrogens with one attached hydrogen (secondary N) is 1. The molecule has 0 spiro atoms. The summed E-state index contributed by atoms with van der Waals surface area (Å²) in [6.07, 6.45) is 1.68. The molecule has 0 saturated carbocycles. The number of likely N-dealkylation sites (tertiary alicyclic amines) is 1. The van der Waals surface area contributed by atoms with Crippen molar-refractivity contribution in [3.63, 3.8) is 0 Å². The molecule has 1 aliphatic rings. The number of rotatable bonds is 11. The van der Waals surface area contributed by atoms with Crippen molar-refractivity contribution in [2.75, 3.05) is 46.3 Å². The lowest BCUT2D eigenvalue weighted by atomic mass is 9.98. The first-order chi connectivity index (χ1) is 19.4. The molecule has 0 bridgehead atoms. The van der Waals surface area contributed by atoms with Crippen molar-refractivity contribution in [1.29, 1.82) is 0 Å². The minimum atomic E-state index is -0.244. The van der Waals surface area contributed by atoms with Crippen molar-refractivity contribution in [3.05, 3.63) is 95.6 Å². The van der Waals surface area contributed by atoms with Gasteiger partial charge in [-0.25, -0.2) is 0 Å². The van der Waals surface area contributed by atoms with Crippen LogP contribution >= 0.6 is 0 Å². The molecule has 0 unspecified atom stereocenters. The third-order valence-electron chi connectivity index (χ3n) is 7.17. The number of piperidine rings is 1. The van der Waals surface area contributed by atoms with Crippen LogP contribution in [0.25, 0.3) is 11.1 Å². The molecular weight excluding hydrogens is 504 g/mol. The van der Waals surface area contributed by atoms with Crippen molar-refractivity contribution in [1.82, 2.24) is 15.1 Å². The van der Waals surface area contributed by atoms with Gasteiger partial charge in [0.25, 0.3) is 11.8 Å². The molecule has 4 rings (SSSR count). The zero-order valence-electron chi connectivity index (χ0n) is 23.1. The standard InChI is InChI=1S/C32H38N4O4/c1-35(32(39)27-12-7-11-26(22-27)31(38)34-17-16-33)20-21-36-18-14-28(15-19-36)40-30(37)23-25-10-5-6-13-29(25)24-8-3-2-4-9-24/h2-13,22,28H,14-21,23,33H2,1H3,(H,34,38). The monoisotopic (exact) mass is 542 g/mol. The van der Waals surface area contributed by atoms with E-state index >= 15 is 0 Å². The first kappa shape index (κ1) is 29.0. The van der Waals surface area contributed by atoms with Gasteiger partial charge in [-0.1, -0.05) is 60.7 Å². The summed E-state index contributed by atoms with van der Waals surface area (Å²) < 4.78 is 5.84. The second-order valence-electron chi connectivity index (χ2n) is 10.1. The second kappa shape index (κ2) is 14.4. The molecule has 0 aromatic heterocycles. The summed E-state index contributed by atoms with van der Waals surface area (Å²) in [4.78, 5) is 41.9. The fourth-order valence-corrected chi connectivity index (χ4v) is 4.90. The van der Waals surface area contributed by atoms with E-state index in [1.807, 2.05) is 54.6 Å². The van der Waals surface area contributed by atoms with Crippen molar-refractivity contribution < 1.29 is 19.1 Å². The van der Waals surface area contributed by atoms with E-state index in [4.69, 9.17) is 10.5 Å². The van der Waals surface area contributed by atoms with E-state index < -0.39 is 0 Å². The molecule has 0 radical (unpaired) electrons. The number of hydrogen-bond acceptors (Lipinski definition) is 6. The minimum Gasteiger partial charge on any atom is -0.462 e. The quantitative estimate of drug-likeness (QED) is 0.360. The number of nitrogens with zero attached hydrogens (tertiary/aromatic N) is 2. The lowest BCUT2D eigenvalue weighted by Crippen LogP contribution is -2.42. The van der Waals surface area contributed by atoms with E-state index in [9.17, 15) is 14.4 Å². The average molecular weight is 543 g/mol. The molecule has 2 amide bonds. The van der Waals surface area contributed by atoms with Gasteiger partial charge in [-0.2, -0.15) is 0 Å². The Labute approximate surface area is 236 Å². The van der Waals surface area contributed by atoms with Crippen LogP contribution in [0, 0.1) is 0 Å². The highest BCUT2D eigenvalue weighted by Gasteiger charge is 2.23. The number of amides is 2. The Morgan fingerprint density at radius 1 is 0.950 bits per heavy atom. The maximum Gasteiger partial charge on any atom is 0.310 e. The normalized spacial score (nSPS) is 13.9. The van der Waals surface area contributed by atoms with Crippen LogP contribution in [0.3, 0.4) is 0 Å². The fourth-order valence-electron chi connectivity index (χ4n) is 4.90. The summed E-state index contributed by atoms with van der Waals surface area (Å²) in [5.74, 6) is -0.578. The number of nitrogens with two attached hydrogens (primary N) is 1. The molecule has 1 saturated heterocycles. The van der Waals surface area contributed by atoms with E-state index in [1.54, 1.807) is 36.2 Å². The minimum absolute atomic E-state index is 0.0971. The molecule has 40 heavy (non-hydrogen) atoms. The topological polar surface area (TPSA) is 105 Å². The summed E-state index contributed by atoms with van der Waals surface area (Å²) in [6, 6.07) is 24.7. The molecule has 1 fully saturated rings. The number of carbonyl (C=O) groups is 3. The average Bonchev–Trinajstić information content (AvgIpc) is 2.99. The van der Waals surface area contributed by atoms with Crippen LogP contribution in [0.15, 0.2) is 78.9 Å². The predicted molar refractivity (Wildman–Crippen MR) is 156 cm³/mol. The highest BCUT2D eigenvalue weighted by atomic mass is 16.5. The first-order valence-electron chi connectivity index (χ1n) is 13.8. The Morgan fingerprint density at radius 2 is 1.65 bits per heavy atom. The number of ether oxygens (including phenoxy) is 1. The van der Waals surface area contributed by atoms with Crippen molar-refractivity contribution >= 4 is 17.8 Å². The van der Waals surface area contributed by atoms with Crippen LogP contribution in [-0.2, 0) is 16.0 Å². The van der Waals surface area contributed by atoms with Gasteiger partial charge in [0.2, 0.25) is 0 Å². The number of carbonyl (C=O) groups excluding carboxylic acids is 3. The van der Waals surface area contributed by atoms with Gasteiger partial charge in [0.05, 0.1) is 6.42 Å². The SMILES string of the molecule is CN(CCN1CCC(OC(=O)Cc2ccccc2-c2ccccc2)CC1)C(=O)c1cccc(C(=O)NCCN)c1. The van der Waals surface area contributed by atoms with Crippen molar-refractivity contribution in [2.45, 2.75) is 25.4 Å². The molecule has 3 N–H and O–H groups in total. The molecule has 0 atom stereocenters. The summed E-state index contributed by atoms with van der Waals surface area (Å²) in [7, 11) is 1.77. The summed E-state index contributed by atoms with van der Waals surface area (Å²) in [5.41, 5.74) is 9.46. The maximum atomic E-state index is 12.9. The van der Waals surface area contributed by atoms with E-state index in [-0.39, 0.29) is 30.3 Å². The molecule has 0 aliphatic carbocycles. The summed E-state index contributed by atoms with van der Waals surface area (Å²) in [6.45, 7) is 3.63. The number of esters is 1. The molecule has 8 heteroatoms. The van der Waals surface area contributed by atoms with E-state index in [2.05, 4.69) is 10.2 Å². The van der Waals surface area contributed by atoms with Gasteiger partial charge in [0.15, 0.2) is 0 Å². The Kier molecular flexibility index (Phi) is 10.4. The molecule has 3 aromatic carbocycles. The van der Waals surface area contributed by atoms with Crippen LogP contribution in [-0.4, -0.2) is 80.0 Å². The summed E-state index contributed by atoms with van der Waals surface area (Å²) >= 11 is 0. The molecular formula is C32H38N4O4. The van der Waals surface area contributed by atoms with E-state index in [1.165, 1.54) is 0 Å². The second-order valence-corrected chi connectivity index (χ2v) is 10.1. The van der Waals surface area contributed by atoms with Crippen LogP contribution in [0.1, 0.15) is 39.1 Å². The van der Waals surface area contributed by atoms with Crippen LogP contribution in [0.4, 0.5) is 0 Å². The van der Waals surface area contributed by atoms with E-state index in [0.29, 0.717) is 30.8 Å². The number of hydrogen-bond donors (Lipinski definition) is 2. The Balaban J connectivity index is 1.21. The Morgan fingerprint density at radius 3 is 2.40 bits per heavy atom. The van der Waals surface area contributed by atoms with Crippen molar-refractivity contribution in [2.24, 2.45) is 5.73 Å². The highest BCUT2D eigenvalue weighted by molar-refractivity contribution is 5.99. The van der Waals surface area contributed by atoms with Crippen LogP contribution in [0.5, 0.6) is 0 Å². The van der Waals surface area contributed by atoms with Gasteiger partial charge < -0.3 is 25.6 Å². The fraction of sp³-hybridized carbons (Fsp3) is 0.344. The molecule has 3 aromatic rings. The third-order valence-corrected chi connectivity index (χ3v) is 7.17. The Bertz CT molecular complexity index is 1290. The van der Waals surface area contributed by atoms with Crippen molar-refractivity contribution in [3.8, 4) is 11.1 Å². The third kappa shape index (κ3) is 8.00. The smallest absolute Gasteiger partial charge is 0.310 e. The lowest BCUT2D eigenvalue weighted by Gasteiger charge is -2.32. The van der Waals surface area contributed by atoms with Crippen LogP contribution in [0.2, 0.25) is 0 Å². The molecule has 210 valence electrons. The number of likely N-dealkylation sites (N-methyl/N-ethyl adjacent to an activating group) is 1. The predicted octanol–water partition coefficient (Wildman–Crippen LogP) is 3.36. The van der Waals surface area contributed by atoms with E-state index in [0.717, 1.165) is 49.2 Å². The zero-order valence-corrected chi connectivity index (χ0v) is 23.1. The lowest BCUT2D eigenvalue weighted by molar-refractivity contribution is -0.150. The Hall–Kier alpha value is -4.01. The van der Waals surface area contributed by atoms with Gasteiger partial charge in [-0.15, -0.1) is 0 Å². The maximum absolute atomic E-state index is 12.9. The summed E-state index contributed by atoms with van der Waals surface area (Å²) in [5, 5.41) is 2.72. The number of benzene rings is 3. The zero-order chi connectivity index (χ0) is 28.3. The van der Waals surface area contributed by atoms with Gasteiger partial charge in [-0.05, 0) is 47.7 Å². The highest BCUT2D eigenvalue weighted by Crippen LogP contribution is 2.24. The van der Waals surface area contributed by atoms with Gasteiger partial charge in [-0.3, -0.25) is 14.4 Å². The largest absolute Gasteiger partial charge is 0.462 e. The first-order valence-corrected chi connectivity index (χ1v) is 13.8. The van der Waals surface area contributed by atoms with Crippen LogP contribution < -0.4 is 11.1 Å². The molecule has 8 nitrogen and oxygen atoms in total. The molecule has 1 heterocycles. The van der Waals surface area contributed by atoms with Gasteiger partial charge >= 0.3 is 5.97 Å². The molecule has 1 aliphatic heterocycles. The van der Waals surface area contributed by atoms with Gasteiger partial charge in [0.1, 0.15) is 6.10 Å².